The molecule has 0 aliphatic carbocycles. The third-order valence-corrected chi connectivity index (χ3v) is 3.63. The predicted octanol–water partition coefficient (Wildman–Crippen LogP) is 0.824. The molecule has 0 saturated carbocycles. The number of para-hydroxylation sites is 2. The summed E-state index contributed by atoms with van der Waals surface area (Å²) < 4.78 is 10.4. The second-order valence-electron chi connectivity index (χ2n) is 5.07. The van der Waals surface area contributed by atoms with Gasteiger partial charge in [0.1, 0.15) is 5.75 Å². The van der Waals surface area contributed by atoms with Crippen LogP contribution in [0.25, 0.3) is 0 Å². The fraction of sp³-hybridized carbons (Fsp3) is 0.600. The molecule has 1 aromatic carbocycles. The number of rotatable bonds is 6. The fourth-order valence-corrected chi connectivity index (χ4v) is 2.61. The normalized spacial score (nSPS) is 18.1. The highest BCUT2D eigenvalue weighted by Gasteiger charge is 2.20. The summed E-state index contributed by atoms with van der Waals surface area (Å²) in [6, 6.07) is 8.10. The fourth-order valence-electron chi connectivity index (χ4n) is 2.61. The Balaban J connectivity index is 1.88. The van der Waals surface area contributed by atoms with Gasteiger partial charge in [0.05, 0.1) is 25.5 Å². The van der Waals surface area contributed by atoms with Gasteiger partial charge in [-0.15, -0.1) is 0 Å². The van der Waals surface area contributed by atoms with E-state index in [9.17, 15) is 5.11 Å². The molecule has 5 heteroatoms. The molecule has 0 bridgehead atoms. The van der Waals surface area contributed by atoms with Crippen LogP contribution in [0.15, 0.2) is 24.3 Å². The van der Waals surface area contributed by atoms with Crippen molar-refractivity contribution in [3.63, 3.8) is 0 Å². The molecule has 0 unspecified atom stereocenters. The molecule has 112 valence electrons. The maximum absolute atomic E-state index is 9.77. The highest BCUT2D eigenvalue weighted by molar-refractivity contribution is 5.58. The number of hydrogen-bond acceptors (Lipinski definition) is 5. The third kappa shape index (κ3) is 3.85. The second-order valence-corrected chi connectivity index (χ2v) is 5.07. The van der Waals surface area contributed by atoms with Crippen molar-refractivity contribution in [3.05, 3.63) is 24.3 Å². The first-order chi connectivity index (χ1) is 9.74. The Kier molecular flexibility index (Phi) is 5.64. The van der Waals surface area contributed by atoms with E-state index >= 15 is 0 Å². The standard InChI is InChI=1S/C15H24N2O3/c1-19-12-13(18)11-16-7-9-17(10-8-16)14-5-3-4-6-15(14)20-2/h3-6,13,18H,7-12H2,1-2H3/t13-/m1/s1. The van der Waals surface area contributed by atoms with Crippen molar-refractivity contribution in [2.45, 2.75) is 6.10 Å². The summed E-state index contributed by atoms with van der Waals surface area (Å²) in [6.07, 6.45) is -0.405. The lowest BCUT2D eigenvalue weighted by Crippen LogP contribution is -2.49. The molecule has 1 N–H and O–H groups in total. The van der Waals surface area contributed by atoms with E-state index in [1.807, 2.05) is 18.2 Å². The molecular formula is C15H24N2O3. The Bertz CT molecular complexity index is 406. The number of benzene rings is 1. The Morgan fingerprint density at radius 2 is 1.85 bits per heavy atom. The summed E-state index contributed by atoms with van der Waals surface area (Å²) in [6.45, 7) is 4.85. The van der Waals surface area contributed by atoms with Crippen LogP contribution in [0.3, 0.4) is 0 Å². The van der Waals surface area contributed by atoms with Gasteiger partial charge in [-0.2, -0.15) is 0 Å². The molecule has 1 saturated heterocycles. The van der Waals surface area contributed by atoms with Gasteiger partial charge in [-0.05, 0) is 12.1 Å². The number of aliphatic hydroxyl groups excluding tert-OH is 1. The van der Waals surface area contributed by atoms with Gasteiger partial charge in [-0.1, -0.05) is 12.1 Å². The zero-order chi connectivity index (χ0) is 14.4. The zero-order valence-corrected chi connectivity index (χ0v) is 12.3. The number of anilines is 1. The van der Waals surface area contributed by atoms with E-state index in [-0.39, 0.29) is 0 Å². The minimum absolute atomic E-state index is 0.396. The summed E-state index contributed by atoms with van der Waals surface area (Å²) in [5.74, 6) is 0.917. The largest absolute Gasteiger partial charge is 0.495 e. The number of ether oxygens (including phenoxy) is 2. The smallest absolute Gasteiger partial charge is 0.142 e. The first kappa shape index (κ1) is 15.1. The van der Waals surface area contributed by atoms with Gasteiger partial charge in [0, 0.05) is 39.8 Å². The number of nitrogens with zero attached hydrogens (tertiary/aromatic N) is 2. The van der Waals surface area contributed by atoms with Crippen molar-refractivity contribution < 1.29 is 14.6 Å². The van der Waals surface area contributed by atoms with Gasteiger partial charge in [-0.25, -0.2) is 0 Å². The first-order valence-corrected chi connectivity index (χ1v) is 7.02. The predicted molar refractivity (Wildman–Crippen MR) is 79.5 cm³/mol. The first-order valence-electron chi connectivity index (χ1n) is 7.02. The number of β-amino-alcohol motifs (C(OH)–C–C–N with tert-alkyl or cyclic N) is 1. The van der Waals surface area contributed by atoms with E-state index in [0.29, 0.717) is 13.2 Å². The minimum atomic E-state index is -0.405. The average molecular weight is 280 g/mol. The Labute approximate surface area is 120 Å². The van der Waals surface area contributed by atoms with E-state index in [4.69, 9.17) is 9.47 Å². The molecule has 1 atom stereocenters. The van der Waals surface area contributed by atoms with Crippen LogP contribution in [0.2, 0.25) is 0 Å². The van der Waals surface area contributed by atoms with Gasteiger partial charge in [-0.3, -0.25) is 4.90 Å². The van der Waals surface area contributed by atoms with Crippen molar-refractivity contribution in [3.8, 4) is 5.75 Å². The highest BCUT2D eigenvalue weighted by atomic mass is 16.5. The molecule has 20 heavy (non-hydrogen) atoms. The third-order valence-electron chi connectivity index (χ3n) is 3.63. The Morgan fingerprint density at radius 1 is 1.15 bits per heavy atom. The molecule has 1 heterocycles. The number of piperazine rings is 1. The van der Waals surface area contributed by atoms with Crippen LogP contribution in [0, 0.1) is 0 Å². The molecule has 0 amide bonds. The van der Waals surface area contributed by atoms with Crippen LogP contribution < -0.4 is 9.64 Å². The van der Waals surface area contributed by atoms with Crippen LogP contribution in [0.4, 0.5) is 5.69 Å². The van der Waals surface area contributed by atoms with E-state index < -0.39 is 6.10 Å². The molecule has 1 fully saturated rings. The highest BCUT2D eigenvalue weighted by Crippen LogP contribution is 2.28. The SMILES string of the molecule is COC[C@H](O)CN1CCN(c2ccccc2OC)CC1. The van der Waals surface area contributed by atoms with Gasteiger partial charge in [0.25, 0.3) is 0 Å². The maximum atomic E-state index is 9.77. The van der Waals surface area contributed by atoms with Crippen molar-refractivity contribution in [1.29, 1.82) is 0 Å². The quantitative estimate of drug-likeness (QED) is 0.836. The topological polar surface area (TPSA) is 45.2 Å². The van der Waals surface area contributed by atoms with Gasteiger partial charge >= 0.3 is 0 Å². The van der Waals surface area contributed by atoms with Crippen molar-refractivity contribution >= 4 is 5.69 Å². The zero-order valence-electron chi connectivity index (χ0n) is 12.3. The van der Waals surface area contributed by atoms with Crippen molar-refractivity contribution in [2.75, 3.05) is 58.5 Å². The summed E-state index contributed by atoms with van der Waals surface area (Å²) in [4.78, 5) is 4.60. The van der Waals surface area contributed by atoms with E-state index in [2.05, 4.69) is 15.9 Å². The minimum Gasteiger partial charge on any atom is -0.495 e. The second kappa shape index (κ2) is 7.47. The Hall–Kier alpha value is -1.30. The molecule has 1 aliphatic rings. The van der Waals surface area contributed by atoms with Gasteiger partial charge in [0.2, 0.25) is 0 Å². The number of methoxy groups -OCH3 is 2. The number of hydrogen-bond donors (Lipinski definition) is 1. The summed E-state index contributed by atoms with van der Waals surface area (Å²) >= 11 is 0. The van der Waals surface area contributed by atoms with E-state index in [1.165, 1.54) is 0 Å². The van der Waals surface area contributed by atoms with Crippen molar-refractivity contribution in [2.24, 2.45) is 0 Å². The lowest BCUT2D eigenvalue weighted by Gasteiger charge is -2.37. The molecular weight excluding hydrogens is 256 g/mol. The van der Waals surface area contributed by atoms with Crippen LogP contribution in [-0.2, 0) is 4.74 Å². The van der Waals surface area contributed by atoms with Crippen LogP contribution >= 0.6 is 0 Å². The average Bonchev–Trinajstić information content (AvgIpc) is 2.48. The lowest BCUT2D eigenvalue weighted by molar-refractivity contribution is 0.0365. The molecule has 0 aromatic heterocycles. The van der Waals surface area contributed by atoms with Crippen molar-refractivity contribution in [1.82, 2.24) is 4.90 Å². The monoisotopic (exact) mass is 280 g/mol. The van der Waals surface area contributed by atoms with Gasteiger partial charge in [0.15, 0.2) is 0 Å². The lowest BCUT2D eigenvalue weighted by atomic mass is 10.2. The molecule has 5 nitrogen and oxygen atoms in total. The van der Waals surface area contributed by atoms with Crippen LogP contribution in [-0.4, -0.2) is 69.7 Å². The summed E-state index contributed by atoms with van der Waals surface area (Å²) in [5.41, 5.74) is 1.15. The molecule has 0 radical (unpaired) electrons. The number of aliphatic hydroxyl groups is 1. The molecule has 2 rings (SSSR count). The van der Waals surface area contributed by atoms with Gasteiger partial charge < -0.3 is 19.5 Å². The van der Waals surface area contributed by atoms with Crippen LogP contribution in [0.5, 0.6) is 5.75 Å². The maximum Gasteiger partial charge on any atom is 0.142 e. The Morgan fingerprint density at radius 3 is 2.50 bits per heavy atom. The summed E-state index contributed by atoms with van der Waals surface area (Å²) in [7, 11) is 3.32. The van der Waals surface area contributed by atoms with Crippen LogP contribution in [0.1, 0.15) is 0 Å². The van der Waals surface area contributed by atoms with E-state index in [1.54, 1.807) is 14.2 Å². The molecule has 0 spiro atoms. The summed E-state index contributed by atoms with van der Waals surface area (Å²) in [5, 5.41) is 9.77. The molecule has 1 aromatic rings. The molecule has 1 aliphatic heterocycles. The van der Waals surface area contributed by atoms with E-state index in [0.717, 1.165) is 37.6 Å².